The topological polar surface area (TPSA) is 59.1 Å². The van der Waals surface area contributed by atoms with Crippen LogP contribution in [0, 0.1) is 0 Å². The average molecular weight is 408 g/mol. The minimum atomic E-state index is -0.689. The van der Waals surface area contributed by atoms with Crippen LogP contribution in [0.5, 0.6) is 11.5 Å². The van der Waals surface area contributed by atoms with Crippen LogP contribution < -0.4 is 14.4 Å². The van der Waals surface area contributed by atoms with Crippen LogP contribution in [0.3, 0.4) is 0 Å². The molecule has 0 aromatic heterocycles. The lowest BCUT2D eigenvalue weighted by molar-refractivity contribution is -0.139. The van der Waals surface area contributed by atoms with Gasteiger partial charge < -0.3 is 19.3 Å². The van der Waals surface area contributed by atoms with Crippen LogP contribution in [0.2, 0.25) is 0 Å². The molecular formula is C24H28N2O4. The Morgan fingerprint density at radius 1 is 1.03 bits per heavy atom. The first-order valence-electron chi connectivity index (χ1n) is 10.7. The van der Waals surface area contributed by atoms with Crippen molar-refractivity contribution in [3.63, 3.8) is 0 Å². The third-order valence-corrected chi connectivity index (χ3v) is 5.71. The number of likely N-dealkylation sites (tertiary alicyclic amines) is 1. The van der Waals surface area contributed by atoms with Gasteiger partial charge in [0.1, 0.15) is 11.5 Å². The van der Waals surface area contributed by atoms with Crippen LogP contribution in [0.25, 0.3) is 0 Å². The Balaban J connectivity index is 1.47. The van der Waals surface area contributed by atoms with Gasteiger partial charge in [0.2, 0.25) is 0 Å². The van der Waals surface area contributed by atoms with Gasteiger partial charge in [-0.3, -0.25) is 9.59 Å². The largest absolute Gasteiger partial charge is 0.484 e. The number of carbonyl (C=O) groups is 2. The zero-order valence-electron chi connectivity index (χ0n) is 17.4. The molecule has 2 heterocycles. The van der Waals surface area contributed by atoms with E-state index in [1.807, 2.05) is 47.4 Å². The smallest absolute Gasteiger partial charge is 0.265 e. The van der Waals surface area contributed by atoms with E-state index in [9.17, 15) is 9.59 Å². The maximum Gasteiger partial charge on any atom is 0.265 e. The molecule has 158 valence electrons. The van der Waals surface area contributed by atoms with Gasteiger partial charge >= 0.3 is 0 Å². The lowest BCUT2D eigenvalue weighted by atomic mass is 10.1. The van der Waals surface area contributed by atoms with Gasteiger partial charge in [0, 0.05) is 13.1 Å². The molecule has 2 aliphatic rings. The quantitative estimate of drug-likeness (QED) is 0.761. The number of piperidine rings is 1. The van der Waals surface area contributed by atoms with Crippen molar-refractivity contribution < 1.29 is 19.1 Å². The third-order valence-electron chi connectivity index (χ3n) is 5.71. The maximum absolute atomic E-state index is 13.0. The molecule has 0 unspecified atom stereocenters. The molecule has 4 rings (SSSR count). The van der Waals surface area contributed by atoms with Crippen molar-refractivity contribution >= 4 is 17.5 Å². The summed E-state index contributed by atoms with van der Waals surface area (Å²) in [5.41, 5.74) is 1.89. The molecule has 6 nitrogen and oxygen atoms in total. The molecular weight excluding hydrogens is 380 g/mol. The molecule has 1 fully saturated rings. The van der Waals surface area contributed by atoms with E-state index in [1.54, 1.807) is 11.0 Å². The van der Waals surface area contributed by atoms with Gasteiger partial charge in [-0.05, 0) is 55.5 Å². The summed E-state index contributed by atoms with van der Waals surface area (Å²) in [6.45, 7) is 3.71. The summed E-state index contributed by atoms with van der Waals surface area (Å²) in [7, 11) is 0. The van der Waals surface area contributed by atoms with E-state index in [-0.39, 0.29) is 25.0 Å². The lowest BCUT2D eigenvalue weighted by Crippen LogP contribution is -2.53. The molecule has 1 saturated heterocycles. The predicted octanol–water partition coefficient (Wildman–Crippen LogP) is 3.43. The normalized spacial score (nSPS) is 18.4. The van der Waals surface area contributed by atoms with Crippen molar-refractivity contribution in [2.24, 2.45) is 0 Å². The van der Waals surface area contributed by atoms with E-state index >= 15 is 0 Å². The Labute approximate surface area is 177 Å². The molecule has 6 heteroatoms. The zero-order valence-corrected chi connectivity index (χ0v) is 17.4. The Morgan fingerprint density at radius 2 is 1.77 bits per heavy atom. The number of aryl methyl sites for hydroxylation is 1. The van der Waals surface area contributed by atoms with Crippen molar-refractivity contribution in [2.45, 2.75) is 38.7 Å². The summed E-state index contributed by atoms with van der Waals surface area (Å²) in [6, 6.07) is 15.1. The van der Waals surface area contributed by atoms with Crippen molar-refractivity contribution in [1.29, 1.82) is 0 Å². The van der Waals surface area contributed by atoms with Crippen molar-refractivity contribution in [2.75, 3.05) is 31.1 Å². The van der Waals surface area contributed by atoms with Crippen molar-refractivity contribution in [3.05, 3.63) is 54.1 Å². The molecule has 0 aliphatic carbocycles. The Morgan fingerprint density at radius 3 is 2.50 bits per heavy atom. The molecule has 0 bridgehead atoms. The standard InChI is InChI=1S/C24H28N2O4/c1-2-18-10-12-19(13-11-18)29-17-23(27)26-16-22(24(28)25-14-6-3-7-15-25)30-21-9-5-4-8-20(21)26/h4-5,8-13,22H,2-3,6-7,14-17H2,1H3/t22-/m0/s1. The maximum atomic E-state index is 13.0. The molecule has 0 saturated carbocycles. The number of rotatable bonds is 5. The first-order valence-corrected chi connectivity index (χ1v) is 10.7. The molecule has 2 aliphatic heterocycles. The highest BCUT2D eigenvalue weighted by molar-refractivity contribution is 5.98. The van der Waals surface area contributed by atoms with Gasteiger partial charge in [0.05, 0.1) is 12.2 Å². The highest BCUT2D eigenvalue weighted by Crippen LogP contribution is 2.34. The fraction of sp³-hybridized carbons (Fsp3) is 0.417. The number of ether oxygens (including phenoxy) is 2. The van der Waals surface area contributed by atoms with Gasteiger partial charge in [-0.2, -0.15) is 0 Å². The first kappa shape index (κ1) is 20.3. The second kappa shape index (κ2) is 9.20. The molecule has 0 N–H and O–H groups in total. The Kier molecular flexibility index (Phi) is 6.21. The van der Waals surface area contributed by atoms with E-state index < -0.39 is 6.10 Å². The summed E-state index contributed by atoms with van der Waals surface area (Å²) in [5.74, 6) is 0.975. The van der Waals surface area contributed by atoms with Gasteiger partial charge in [0.25, 0.3) is 11.8 Å². The predicted molar refractivity (Wildman–Crippen MR) is 115 cm³/mol. The summed E-state index contributed by atoms with van der Waals surface area (Å²) in [5, 5.41) is 0. The number of para-hydroxylation sites is 2. The van der Waals surface area contributed by atoms with E-state index in [0.29, 0.717) is 17.2 Å². The highest BCUT2D eigenvalue weighted by atomic mass is 16.5. The molecule has 30 heavy (non-hydrogen) atoms. The number of anilines is 1. The van der Waals surface area contributed by atoms with E-state index in [4.69, 9.17) is 9.47 Å². The van der Waals surface area contributed by atoms with Crippen molar-refractivity contribution in [3.8, 4) is 11.5 Å². The Hall–Kier alpha value is -3.02. The first-order chi connectivity index (χ1) is 14.7. The summed E-state index contributed by atoms with van der Waals surface area (Å²) in [6.07, 6.45) is 3.45. The van der Waals surface area contributed by atoms with E-state index in [2.05, 4.69) is 6.92 Å². The number of amides is 2. The van der Waals surface area contributed by atoms with E-state index in [0.717, 1.165) is 38.8 Å². The highest BCUT2D eigenvalue weighted by Gasteiger charge is 2.36. The fourth-order valence-electron chi connectivity index (χ4n) is 3.96. The number of carbonyl (C=O) groups excluding carboxylic acids is 2. The molecule has 1 atom stereocenters. The minimum Gasteiger partial charge on any atom is -0.484 e. The second-order valence-electron chi connectivity index (χ2n) is 7.75. The lowest BCUT2D eigenvalue weighted by Gasteiger charge is -2.37. The second-order valence-corrected chi connectivity index (χ2v) is 7.75. The Bertz CT molecular complexity index is 890. The van der Waals surface area contributed by atoms with Gasteiger partial charge in [-0.25, -0.2) is 0 Å². The van der Waals surface area contributed by atoms with Crippen LogP contribution in [-0.2, 0) is 16.0 Å². The monoisotopic (exact) mass is 408 g/mol. The van der Waals surface area contributed by atoms with Crippen LogP contribution >= 0.6 is 0 Å². The zero-order chi connectivity index (χ0) is 20.9. The summed E-state index contributed by atoms with van der Waals surface area (Å²) < 4.78 is 11.7. The van der Waals surface area contributed by atoms with E-state index in [1.165, 1.54) is 5.56 Å². The van der Waals surface area contributed by atoms with Crippen molar-refractivity contribution in [1.82, 2.24) is 4.90 Å². The number of fused-ring (bicyclic) bond motifs is 1. The van der Waals surface area contributed by atoms with Crippen LogP contribution in [0.15, 0.2) is 48.5 Å². The molecule has 2 aromatic rings. The molecule has 2 aromatic carbocycles. The molecule has 0 spiro atoms. The number of nitrogens with zero attached hydrogens (tertiary/aromatic N) is 2. The third kappa shape index (κ3) is 4.42. The number of benzene rings is 2. The molecule has 0 radical (unpaired) electrons. The fourth-order valence-corrected chi connectivity index (χ4v) is 3.96. The SMILES string of the molecule is CCc1ccc(OCC(=O)N2C[C@@H](C(=O)N3CCCCC3)Oc3ccccc32)cc1. The average Bonchev–Trinajstić information content (AvgIpc) is 2.82. The summed E-state index contributed by atoms with van der Waals surface area (Å²) >= 11 is 0. The van der Waals surface area contributed by atoms with Gasteiger partial charge in [-0.1, -0.05) is 31.2 Å². The number of hydrogen-bond acceptors (Lipinski definition) is 4. The molecule has 2 amide bonds. The van der Waals surface area contributed by atoms with Crippen LogP contribution in [0.1, 0.15) is 31.7 Å². The number of hydrogen-bond donors (Lipinski definition) is 0. The minimum absolute atomic E-state index is 0.0434. The van der Waals surface area contributed by atoms with Crippen LogP contribution in [0.4, 0.5) is 5.69 Å². The summed E-state index contributed by atoms with van der Waals surface area (Å²) in [4.78, 5) is 29.5. The van der Waals surface area contributed by atoms with Crippen LogP contribution in [-0.4, -0.2) is 49.1 Å². The van der Waals surface area contributed by atoms with Gasteiger partial charge in [-0.15, -0.1) is 0 Å². The van der Waals surface area contributed by atoms with Gasteiger partial charge in [0.15, 0.2) is 12.7 Å².